The van der Waals surface area contributed by atoms with Crippen molar-refractivity contribution in [2.45, 2.75) is 19.1 Å². The fourth-order valence-electron chi connectivity index (χ4n) is 2.13. The molecule has 0 fully saturated rings. The van der Waals surface area contributed by atoms with Gasteiger partial charge in [-0.15, -0.1) is 0 Å². The van der Waals surface area contributed by atoms with E-state index in [2.05, 4.69) is 0 Å². The summed E-state index contributed by atoms with van der Waals surface area (Å²) in [5, 5.41) is -0.0764. The van der Waals surface area contributed by atoms with Gasteiger partial charge in [-0.05, 0) is 36.2 Å². The van der Waals surface area contributed by atoms with Crippen molar-refractivity contribution >= 4 is 11.6 Å². The normalized spacial score (nSPS) is 13.3. The molecule has 0 spiro atoms. The second kappa shape index (κ2) is 5.66. The van der Waals surface area contributed by atoms with E-state index < -0.39 is 23.6 Å². The van der Waals surface area contributed by atoms with Gasteiger partial charge in [-0.1, -0.05) is 29.8 Å². The van der Waals surface area contributed by atoms with Gasteiger partial charge in [0.25, 0.3) is 0 Å². The van der Waals surface area contributed by atoms with Crippen molar-refractivity contribution < 1.29 is 17.6 Å². The minimum atomic E-state index is -4.42. The van der Waals surface area contributed by atoms with E-state index in [9.17, 15) is 17.6 Å². The van der Waals surface area contributed by atoms with Crippen LogP contribution in [0.25, 0.3) is 0 Å². The third kappa shape index (κ3) is 3.19. The number of alkyl halides is 3. The Morgan fingerprint density at radius 3 is 2.33 bits per heavy atom. The van der Waals surface area contributed by atoms with E-state index in [0.717, 1.165) is 12.1 Å². The summed E-state index contributed by atoms with van der Waals surface area (Å²) in [7, 11) is 0. The van der Waals surface area contributed by atoms with Crippen molar-refractivity contribution in [3.63, 3.8) is 0 Å². The Balaban J connectivity index is 2.45. The second-order valence-electron chi connectivity index (χ2n) is 4.69. The maximum Gasteiger partial charge on any atom is 0.416 e. The first-order valence-electron chi connectivity index (χ1n) is 6.09. The topological polar surface area (TPSA) is 26.0 Å². The van der Waals surface area contributed by atoms with E-state index >= 15 is 0 Å². The van der Waals surface area contributed by atoms with E-state index in [4.69, 9.17) is 17.3 Å². The molecule has 2 rings (SSSR count). The van der Waals surface area contributed by atoms with Crippen LogP contribution in [-0.4, -0.2) is 0 Å². The molecule has 0 aliphatic rings. The summed E-state index contributed by atoms with van der Waals surface area (Å²) in [5.74, 6) is -0.661. The Hall–Kier alpha value is -1.59. The molecule has 21 heavy (non-hydrogen) atoms. The highest BCUT2D eigenvalue weighted by Gasteiger charge is 2.31. The fraction of sp³-hybridized carbons (Fsp3) is 0.200. The van der Waals surface area contributed by atoms with Crippen LogP contribution < -0.4 is 5.73 Å². The van der Waals surface area contributed by atoms with Crippen LogP contribution in [0.4, 0.5) is 17.6 Å². The minimum absolute atomic E-state index is 0.0764. The van der Waals surface area contributed by atoms with Crippen molar-refractivity contribution in [1.82, 2.24) is 0 Å². The number of hydrogen-bond donors (Lipinski definition) is 1. The highest BCUT2D eigenvalue weighted by Crippen LogP contribution is 2.33. The molecule has 0 aromatic heterocycles. The molecule has 0 radical (unpaired) electrons. The van der Waals surface area contributed by atoms with E-state index in [-0.39, 0.29) is 10.6 Å². The Morgan fingerprint density at radius 1 is 1.10 bits per heavy atom. The molecule has 1 atom stereocenters. The maximum atomic E-state index is 13.9. The molecule has 6 heteroatoms. The molecular weight excluding hydrogens is 306 g/mol. The first-order chi connectivity index (χ1) is 9.71. The lowest BCUT2D eigenvalue weighted by Crippen LogP contribution is -2.16. The molecule has 0 amide bonds. The van der Waals surface area contributed by atoms with Crippen LogP contribution in [0, 0.1) is 12.7 Å². The van der Waals surface area contributed by atoms with Crippen LogP contribution in [-0.2, 0) is 6.18 Å². The third-order valence-corrected chi connectivity index (χ3v) is 3.54. The molecule has 2 aromatic rings. The van der Waals surface area contributed by atoms with E-state index in [1.165, 1.54) is 25.1 Å². The quantitative estimate of drug-likeness (QED) is 0.787. The Bertz CT molecular complexity index is 667. The lowest BCUT2D eigenvalue weighted by molar-refractivity contribution is -0.137. The molecule has 112 valence electrons. The first-order valence-corrected chi connectivity index (χ1v) is 6.47. The standard InChI is InChI=1S/C15H12ClF4N/c1-8-7-9(15(18,19)20)5-6-10(8)14(21)11-3-2-4-12(16)13(11)17/h2-7,14H,21H2,1H3. The molecule has 0 aliphatic carbocycles. The highest BCUT2D eigenvalue weighted by atomic mass is 35.5. The molecule has 0 aliphatic heterocycles. The van der Waals surface area contributed by atoms with Gasteiger partial charge in [0.15, 0.2) is 0 Å². The average molecular weight is 318 g/mol. The lowest BCUT2D eigenvalue weighted by Gasteiger charge is -2.18. The predicted molar refractivity (Wildman–Crippen MR) is 73.6 cm³/mol. The van der Waals surface area contributed by atoms with Gasteiger partial charge < -0.3 is 5.73 Å². The molecule has 0 heterocycles. The highest BCUT2D eigenvalue weighted by molar-refractivity contribution is 6.30. The number of nitrogens with two attached hydrogens (primary N) is 1. The van der Waals surface area contributed by atoms with Gasteiger partial charge in [0, 0.05) is 5.56 Å². The van der Waals surface area contributed by atoms with Crippen LogP contribution in [0.15, 0.2) is 36.4 Å². The summed E-state index contributed by atoms with van der Waals surface area (Å²) in [4.78, 5) is 0. The zero-order chi connectivity index (χ0) is 15.8. The third-order valence-electron chi connectivity index (χ3n) is 3.25. The number of benzene rings is 2. The van der Waals surface area contributed by atoms with Crippen molar-refractivity contribution in [2.75, 3.05) is 0 Å². The zero-order valence-corrected chi connectivity index (χ0v) is 11.8. The molecule has 0 bridgehead atoms. The average Bonchev–Trinajstić information content (AvgIpc) is 2.40. The summed E-state index contributed by atoms with van der Waals surface area (Å²) in [6.07, 6.45) is -4.42. The van der Waals surface area contributed by atoms with Crippen LogP contribution in [0.5, 0.6) is 0 Å². The van der Waals surface area contributed by atoms with E-state index in [1.54, 1.807) is 6.07 Å². The van der Waals surface area contributed by atoms with Crippen LogP contribution in [0.2, 0.25) is 5.02 Å². The molecule has 1 nitrogen and oxygen atoms in total. The van der Waals surface area contributed by atoms with Crippen molar-refractivity contribution in [3.05, 3.63) is 69.5 Å². The smallest absolute Gasteiger partial charge is 0.320 e. The van der Waals surface area contributed by atoms with Gasteiger partial charge in [-0.2, -0.15) is 13.2 Å². The van der Waals surface area contributed by atoms with Crippen molar-refractivity contribution in [1.29, 1.82) is 0 Å². The Morgan fingerprint density at radius 2 is 1.76 bits per heavy atom. The zero-order valence-electron chi connectivity index (χ0n) is 11.0. The largest absolute Gasteiger partial charge is 0.416 e. The SMILES string of the molecule is Cc1cc(C(F)(F)F)ccc1C(N)c1cccc(Cl)c1F. The van der Waals surface area contributed by atoms with Crippen LogP contribution in [0.1, 0.15) is 28.3 Å². The van der Waals surface area contributed by atoms with Crippen molar-refractivity contribution in [2.24, 2.45) is 5.73 Å². The molecule has 1 unspecified atom stereocenters. The molecule has 0 saturated carbocycles. The monoisotopic (exact) mass is 317 g/mol. The molecule has 2 aromatic carbocycles. The number of halogens is 5. The van der Waals surface area contributed by atoms with Gasteiger partial charge >= 0.3 is 6.18 Å². The fourth-order valence-corrected chi connectivity index (χ4v) is 2.31. The summed E-state index contributed by atoms with van der Waals surface area (Å²) in [6.45, 7) is 1.51. The van der Waals surface area contributed by atoms with Gasteiger partial charge in [0.05, 0.1) is 16.6 Å². The number of rotatable bonds is 2. The number of hydrogen-bond acceptors (Lipinski definition) is 1. The maximum absolute atomic E-state index is 13.9. The van der Waals surface area contributed by atoms with Crippen LogP contribution in [0.3, 0.4) is 0 Å². The summed E-state index contributed by atoms with van der Waals surface area (Å²) in [6, 6.07) is 6.70. The summed E-state index contributed by atoms with van der Waals surface area (Å²) < 4.78 is 51.8. The summed E-state index contributed by atoms with van der Waals surface area (Å²) >= 11 is 5.69. The Kier molecular flexibility index (Phi) is 4.25. The van der Waals surface area contributed by atoms with Crippen molar-refractivity contribution in [3.8, 4) is 0 Å². The van der Waals surface area contributed by atoms with Gasteiger partial charge in [-0.25, -0.2) is 4.39 Å². The second-order valence-corrected chi connectivity index (χ2v) is 5.10. The van der Waals surface area contributed by atoms with Crippen LogP contribution >= 0.6 is 11.6 Å². The van der Waals surface area contributed by atoms with Gasteiger partial charge in [-0.3, -0.25) is 0 Å². The lowest BCUT2D eigenvalue weighted by atomic mass is 9.94. The first kappa shape index (κ1) is 15.8. The predicted octanol–water partition coefficient (Wildman–Crippen LogP) is 4.85. The van der Waals surface area contributed by atoms with Gasteiger partial charge in [0.1, 0.15) is 5.82 Å². The molecular formula is C15H12ClF4N. The van der Waals surface area contributed by atoms with E-state index in [0.29, 0.717) is 11.1 Å². The summed E-state index contributed by atoms with van der Waals surface area (Å²) in [5.41, 5.74) is 6.11. The molecule has 2 N–H and O–H groups in total. The molecule has 0 saturated heterocycles. The minimum Gasteiger partial charge on any atom is -0.320 e. The Labute approximate surface area is 124 Å². The van der Waals surface area contributed by atoms with E-state index in [1.807, 2.05) is 0 Å². The number of aryl methyl sites for hydroxylation is 1. The van der Waals surface area contributed by atoms with Gasteiger partial charge in [0.2, 0.25) is 0 Å².